The van der Waals surface area contributed by atoms with E-state index in [2.05, 4.69) is 9.97 Å². The molecule has 0 fully saturated rings. The van der Waals surface area contributed by atoms with Crippen molar-refractivity contribution in [2.75, 3.05) is 0 Å². The number of H-pyrrole nitrogens is 1. The molecule has 0 radical (unpaired) electrons. The van der Waals surface area contributed by atoms with Crippen molar-refractivity contribution >= 4 is 11.0 Å². The summed E-state index contributed by atoms with van der Waals surface area (Å²) in [6.45, 7) is 0. The molecule has 0 amide bonds. The van der Waals surface area contributed by atoms with Gasteiger partial charge in [-0.2, -0.15) is 43.9 Å². The standard InChI is InChI=1S/C17H8F10N2/c18-14(19,16(23,24)17(25,26)27)10-7-8(5-6-9(10)15(20,21)22)13-28-11-3-1-2-4-12(11)29-13/h1-7H,(H,28,29). The number of hydrogen-bond acceptors (Lipinski definition) is 1. The van der Waals surface area contributed by atoms with E-state index in [1.165, 1.54) is 12.1 Å². The lowest BCUT2D eigenvalue weighted by Gasteiger charge is -2.30. The zero-order chi connectivity index (χ0) is 21.8. The van der Waals surface area contributed by atoms with Crippen molar-refractivity contribution in [2.45, 2.75) is 24.2 Å². The first-order chi connectivity index (χ1) is 13.2. The normalized spacial score (nSPS) is 13.9. The summed E-state index contributed by atoms with van der Waals surface area (Å²) in [5.41, 5.74) is -4.73. The monoisotopic (exact) mass is 430 g/mol. The highest BCUT2D eigenvalue weighted by Gasteiger charge is 2.74. The quantitative estimate of drug-likeness (QED) is 0.470. The number of nitrogens with zero attached hydrogens (tertiary/aromatic N) is 1. The lowest BCUT2D eigenvalue weighted by molar-refractivity contribution is -0.360. The van der Waals surface area contributed by atoms with E-state index in [-0.39, 0.29) is 23.5 Å². The van der Waals surface area contributed by atoms with Crippen LogP contribution in [-0.4, -0.2) is 22.1 Å². The summed E-state index contributed by atoms with van der Waals surface area (Å²) >= 11 is 0. The summed E-state index contributed by atoms with van der Waals surface area (Å²) in [5, 5.41) is 0. The van der Waals surface area contributed by atoms with Crippen molar-refractivity contribution in [2.24, 2.45) is 0 Å². The van der Waals surface area contributed by atoms with Gasteiger partial charge in [-0.15, -0.1) is 0 Å². The third-order valence-electron chi connectivity index (χ3n) is 4.08. The number of para-hydroxylation sites is 2. The summed E-state index contributed by atoms with van der Waals surface area (Å²) < 4.78 is 132. The molecule has 0 aliphatic rings. The van der Waals surface area contributed by atoms with Gasteiger partial charge in [-0.3, -0.25) is 0 Å². The number of halogens is 10. The Hall–Kier alpha value is -2.79. The number of hydrogen-bond donors (Lipinski definition) is 1. The van der Waals surface area contributed by atoms with Crippen molar-refractivity contribution in [3.8, 4) is 11.4 Å². The number of imidazole rings is 1. The summed E-state index contributed by atoms with van der Waals surface area (Å²) in [6, 6.07) is 6.64. The zero-order valence-electron chi connectivity index (χ0n) is 13.8. The fourth-order valence-corrected chi connectivity index (χ4v) is 2.64. The van der Waals surface area contributed by atoms with Gasteiger partial charge in [-0.1, -0.05) is 18.2 Å². The first kappa shape index (κ1) is 20.9. The number of aromatic nitrogens is 2. The third-order valence-corrected chi connectivity index (χ3v) is 4.08. The van der Waals surface area contributed by atoms with Gasteiger partial charge in [-0.25, -0.2) is 4.98 Å². The molecule has 1 heterocycles. The van der Waals surface area contributed by atoms with Crippen molar-refractivity contribution in [3.05, 3.63) is 53.6 Å². The van der Waals surface area contributed by atoms with Crippen LogP contribution < -0.4 is 0 Å². The molecule has 0 aliphatic heterocycles. The number of rotatable bonds is 3. The van der Waals surface area contributed by atoms with E-state index in [9.17, 15) is 43.9 Å². The molecule has 156 valence electrons. The molecule has 12 heteroatoms. The molecule has 0 spiro atoms. The van der Waals surface area contributed by atoms with Crippen LogP contribution in [0.2, 0.25) is 0 Å². The number of nitrogens with one attached hydrogen (secondary N) is 1. The van der Waals surface area contributed by atoms with E-state index >= 15 is 0 Å². The van der Waals surface area contributed by atoms with Crippen LogP contribution in [0.1, 0.15) is 11.1 Å². The number of alkyl halides is 10. The topological polar surface area (TPSA) is 28.7 Å². The summed E-state index contributed by atoms with van der Waals surface area (Å²) in [7, 11) is 0. The second kappa shape index (κ2) is 6.36. The first-order valence-electron chi connectivity index (χ1n) is 7.65. The zero-order valence-corrected chi connectivity index (χ0v) is 13.8. The molecule has 1 aromatic heterocycles. The second-order valence-electron chi connectivity index (χ2n) is 6.01. The Kier molecular flexibility index (Phi) is 4.59. The van der Waals surface area contributed by atoms with Gasteiger partial charge in [-0.05, 0) is 24.3 Å². The van der Waals surface area contributed by atoms with E-state index in [0.29, 0.717) is 11.6 Å². The van der Waals surface area contributed by atoms with Crippen LogP contribution in [0.4, 0.5) is 43.9 Å². The SMILES string of the molecule is FC(F)(F)c1ccc(-c2nc3ccccc3[nH]2)cc1C(F)(F)C(F)(F)C(F)(F)F. The summed E-state index contributed by atoms with van der Waals surface area (Å²) in [5.74, 6) is -13.2. The molecule has 1 N–H and O–H groups in total. The minimum absolute atomic E-state index is 0.0121. The average Bonchev–Trinajstić information content (AvgIpc) is 3.03. The van der Waals surface area contributed by atoms with Crippen molar-refractivity contribution in [3.63, 3.8) is 0 Å². The van der Waals surface area contributed by atoms with E-state index < -0.39 is 40.9 Å². The second-order valence-corrected chi connectivity index (χ2v) is 6.01. The van der Waals surface area contributed by atoms with Crippen LogP contribution in [0, 0.1) is 0 Å². The predicted molar refractivity (Wildman–Crippen MR) is 81.4 cm³/mol. The van der Waals surface area contributed by atoms with Gasteiger partial charge in [0, 0.05) is 11.1 Å². The van der Waals surface area contributed by atoms with Crippen molar-refractivity contribution in [1.82, 2.24) is 9.97 Å². The number of fused-ring (bicyclic) bond motifs is 1. The third kappa shape index (κ3) is 3.40. The highest BCUT2D eigenvalue weighted by atomic mass is 19.4. The highest BCUT2D eigenvalue weighted by molar-refractivity contribution is 5.79. The minimum atomic E-state index is -6.78. The molecule has 0 atom stereocenters. The van der Waals surface area contributed by atoms with Gasteiger partial charge in [0.15, 0.2) is 0 Å². The Bertz CT molecular complexity index is 1010. The van der Waals surface area contributed by atoms with Crippen LogP contribution in [0.3, 0.4) is 0 Å². The number of benzene rings is 2. The maximum absolute atomic E-state index is 14.1. The molecule has 2 nitrogen and oxygen atoms in total. The van der Waals surface area contributed by atoms with Crippen LogP contribution in [0.25, 0.3) is 22.4 Å². The fraction of sp³-hybridized carbons (Fsp3) is 0.235. The molecular formula is C17H8F10N2. The molecule has 0 saturated heterocycles. The predicted octanol–water partition coefficient (Wildman–Crippen LogP) is 6.54. The largest absolute Gasteiger partial charge is 0.460 e. The molecular weight excluding hydrogens is 422 g/mol. The van der Waals surface area contributed by atoms with Gasteiger partial charge in [0.25, 0.3) is 0 Å². The molecule has 2 aromatic carbocycles. The molecule has 0 bridgehead atoms. The van der Waals surface area contributed by atoms with E-state index in [4.69, 9.17) is 0 Å². The van der Waals surface area contributed by atoms with Crippen LogP contribution in [-0.2, 0) is 12.1 Å². The van der Waals surface area contributed by atoms with Crippen molar-refractivity contribution < 1.29 is 43.9 Å². The van der Waals surface area contributed by atoms with Gasteiger partial charge in [0.2, 0.25) is 0 Å². The highest BCUT2D eigenvalue weighted by Crippen LogP contribution is 2.54. The van der Waals surface area contributed by atoms with Crippen LogP contribution >= 0.6 is 0 Å². The summed E-state index contributed by atoms with van der Waals surface area (Å²) in [4.78, 5) is 6.49. The van der Waals surface area contributed by atoms with Crippen LogP contribution in [0.5, 0.6) is 0 Å². The summed E-state index contributed by atoms with van der Waals surface area (Å²) in [6.07, 6.45) is -12.4. The lowest BCUT2D eigenvalue weighted by Crippen LogP contribution is -2.50. The molecule has 3 aromatic rings. The van der Waals surface area contributed by atoms with Gasteiger partial charge < -0.3 is 4.98 Å². The first-order valence-corrected chi connectivity index (χ1v) is 7.65. The Morgan fingerprint density at radius 2 is 1.34 bits per heavy atom. The van der Waals surface area contributed by atoms with Gasteiger partial charge in [0.1, 0.15) is 5.82 Å². The number of aromatic amines is 1. The lowest BCUT2D eigenvalue weighted by atomic mass is 9.93. The average molecular weight is 430 g/mol. The van der Waals surface area contributed by atoms with Gasteiger partial charge in [0.05, 0.1) is 16.6 Å². The molecule has 0 saturated carbocycles. The van der Waals surface area contributed by atoms with E-state index in [0.717, 1.165) is 0 Å². The van der Waals surface area contributed by atoms with Gasteiger partial charge >= 0.3 is 24.2 Å². The maximum atomic E-state index is 14.1. The smallest absolute Gasteiger partial charge is 0.338 e. The van der Waals surface area contributed by atoms with Crippen LogP contribution in [0.15, 0.2) is 42.5 Å². The molecule has 0 unspecified atom stereocenters. The minimum Gasteiger partial charge on any atom is -0.338 e. The molecule has 29 heavy (non-hydrogen) atoms. The fourth-order valence-electron chi connectivity index (χ4n) is 2.64. The van der Waals surface area contributed by atoms with E-state index in [1.807, 2.05) is 0 Å². The molecule has 3 rings (SSSR count). The Balaban J connectivity index is 2.24. The Labute approximate surface area is 155 Å². The van der Waals surface area contributed by atoms with E-state index in [1.54, 1.807) is 12.1 Å². The Morgan fingerprint density at radius 3 is 1.90 bits per heavy atom. The van der Waals surface area contributed by atoms with Crippen molar-refractivity contribution in [1.29, 1.82) is 0 Å². The maximum Gasteiger partial charge on any atom is 0.460 e. The Morgan fingerprint density at radius 1 is 0.724 bits per heavy atom. The molecule has 0 aliphatic carbocycles.